The standard InChI is InChI=1S/C19H18F2O3/c1-3-24-12(2)15-9-8-13(11-17(15)18(20)21)10-14-6-4-5-7-16(14)19(22)23/h4-9,11,18H,2-3,10H2,1H3,(H,22,23). The lowest BCUT2D eigenvalue weighted by Gasteiger charge is -2.14. The van der Waals surface area contributed by atoms with Crippen LogP contribution in [0, 0.1) is 0 Å². The molecule has 0 spiro atoms. The molecule has 0 atom stereocenters. The molecule has 0 amide bonds. The number of alkyl halides is 2. The van der Waals surface area contributed by atoms with Gasteiger partial charge in [0, 0.05) is 11.1 Å². The first kappa shape index (κ1) is 17.7. The van der Waals surface area contributed by atoms with E-state index in [4.69, 9.17) is 4.74 Å². The number of carboxylic acid groups (broad SMARTS) is 1. The molecule has 2 rings (SSSR count). The smallest absolute Gasteiger partial charge is 0.335 e. The lowest BCUT2D eigenvalue weighted by atomic mass is 9.96. The van der Waals surface area contributed by atoms with E-state index in [-0.39, 0.29) is 28.9 Å². The fourth-order valence-corrected chi connectivity index (χ4v) is 2.51. The summed E-state index contributed by atoms with van der Waals surface area (Å²) in [6, 6.07) is 11.1. The van der Waals surface area contributed by atoms with E-state index in [0.29, 0.717) is 17.7 Å². The van der Waals surface area contributed by atoms with Crippen LogP contribution in [0.15, 0.2) is 49.0 Å². The quantitative estimate of drug-likeness (QED) is 0.732. The van der Waals surface area contributed by atoms with E-state index >= 15 is 0 Å². The zero-order chi connectivity index (χ0) is 17.7. The molecule has 0 radical (unpaired) electrons. The molecular formula is C19H18F2O3. The van der Waals surface area contributed by atoms with Crippen molar-refractivity contribution in [2.45, 2.75) is 19.8 Å². The van der Waals surface area contributed by atoms with E-state index in [1.54, 1.807) is 31.2 Å². The van der Waals surface area contributed by atoms with Crippen LogP contribution in [0.5, 0.6) is 0 Å². The average Bonchev–Trinajstić information content (AvgIpc) is 2.55. The van der Waals surface area contributed by atoms with Crippen LogP contribution in [-0.4, -0.2) is 17.7 Å². The van der Waals surface area contributed by atoms with E-state index in [1.165, 1.54) is 18.2 Å². The van der Waals surface area contributed by atoms with Gasteiger partial charge in [0.2, 0.25) is 0 Å². The van der Waals surface area contributed by atoms with Crippen LogP contribution in [0.3, 0.4) is 0 Å². The zero-order valence-electron chi connectivity index (χ0n) is 13.3. The number of halogens is 2. The van der Waals surface area contributed by atoms with E-state index in [1.807, 2.05) is 0 Å². The van der Waals surface area contributed by atoms with Crippen molar-refractivity contribution < 1.29 is 23.4 Å². The Bertz CT molecular complexity index is 754. The molecule has 3 nitrogen and oxygen atoms in total. The molecule has 1 N–H and O–H groups in total. The third-order valence-corrected chi connectivity index (χ3v) is 3.61. The fraction of sp³-hybridized carbons (Fsp3) is 0.211. The highest BCUT2D eigenvalue weighted by Gasteiger charge is 2.17. The molecule has 24 heavy (non-hydrogen) atoms. The van der Waals surface area contributed by atoms with Gasteiger partial charge in [0.25, 0.3) is 6.43 Å². The minimum Gasteiger partial charge on any atom is -0.494 e. The number of rotatable bonds is 7. The van der Waals surface area contributed by atoms with E-state index in [0.717, 1.165) is 0 Å². The second-order valence-electron chi connectivity index (χ2n) is 5.22. The van der Waals surface area contributed by atoms with Crippen LogP contribution in [0.4, 0.5) is 8.78 Å². The van der Waals surface area contributed by atoms with Crippen LogP contribution in [0.1, 0.15) is 46.0 Å². The molecular weight excluding hydrogens is 314 g/mol. The number of hydrogen-bond donors (Lipinski definition) is 1. The van der Waals surface area contributed by atoms with E-state index in [2.05, 4.69) is 6.58 Å². The molecule has 126 valence electrons. The Labute approximate surface area is 139 Å². The molecule has 0 aliphatic rings. The number of aromatic carboxylic acids is 1. The normalized spacial score (nSPS) is 10.7. The molecule has 0 aromatic heterocycles. The van der Waals surface area contributed by atoms with Crippen molar-refractivity contribution in [2.24, 2.45) is 0 Å². The van der Waals surface area contributed by atoms with Gasteiger partial charge in [-0.2, -0.15) is 0 Å². The van der Waals surface area contributed by atoms with Gasteiger partial charge in [-0.15, -0.1) is 0 Å². The summed E-state index contributed by atoms with van der Waals surface area (Å²) >= 11 is 0. The van der Waals surface area contributed by atoms with Gasteiger partial charge >= 0.3 is 5.97 Å². The van der Waals surface area contributed by atoms with Gasteiger partial charge in [-0.3, -0.25) is 0 Å². The van der Waals surface area contributed by atoms with E-state index < -0.39 is 12.4 Å². The molecule has 0 saturated heterocycles. The first-order chi connectivity index (χ1) is 11.4. The number of benzene rings is 2. The number of carbonyl (C=O) groups is 1. The molecule has 5 heteroatoms. The minimum absolute atomic E-state index is 0.166. The first-order valence-electron chi connectivity index (χ1n) is 7.48. The van der Waals surface area contributed by atoms with Crippen LogP contribution >= 0.6 is 0 Å². The highest BCUT2D eigenvalue weighted by molar-refractivity contribution is 5.89. The summed E-state index contributed by atoms with van der Waals surface area (Å²) in [5.74, 6) is -0.841. The highest BCUT2D eigenvalue weighted by Crippen LogP contribution is 2.30. The Hall–Kier alpha value is -2.69. The average molecular weight is 332 g/mol. The molecule has 0 bridgehead atoms. The minimum atomic E-state index is -2.67. The fourth-order valence-electron chi connectivity index (χ4n) is 2.51. The molecule has 0 aliphatic heterocycles. The summed E-state index contributed by atoms with van der Waals surface area (Å²) < 4.78 is 31.9. The van der Waals surface area contributed by atoms with Gasteiger partial charge in [0.15, 0.2) is 0 Å². The maximum atomic E-state index is 13.4. The Morgan fingerprint density at radius 1 is 1.21 bits per heavy atom. The number of hydrogen-bond acceptors (Lipinski definition) is 2. The van der Waals surface area contributed by atoms with Gasteiger partial charge in [-0.05, 0) is 36.6 Å². The lowest BCUT2D eigenvalue weighted by molar-refractivity contribution is 0.0696. The van der Waals surface area contributed by atoms with Crippen LogP contribution in [0.25, 0.3) is 5.76 Å². The summed E-state index contributed by atoms with van der Waals surface area (Å²) in [6.45, 7) is 5.77. The van der Waals surface area contributed by atoms with Gasteiger partial charge in [0.1, 0.15) is 5.76 Å². The van der Waals surface area contributed by atoms with E-state index in [9.17, 15) is 18.7 Å². The summed E-state index contributed by atoms with van der Waals surface area (Å²) in [4.78, 5) is 11.3. The van der Waals surface area contributed by atoms with Gasteiger partial charge in [-0.25, -0.2) is 13.6 Å². The van der Waals surface area contributed by atoms with Crippen molar-refractivity contribution in [1.29, 1.82) is 0 Å². The Morgan fingerprint density at radius 3 is 2.54 bits per heavy atom. The SMILES string of the molecule is C=C(OCC)c1ccc(Cc2ccccc2C(=O)O)cc1C(F)F. The van der Waals surface area contributed by atoms with Gasteiger partial charge < -0.3 is 9.84 Å². The summed E-state index contributed by atoms with van der Waals surface area (Å²) in [6.07, 6.45) is -2.42. The number of carboxylic acids is 1. The molecule has 2 aromatic carbocycles. The lowest BCUT2D eigenvalue weighted by Crippen LogP contribution is -2.04. The second-order valence-corrected chi connectivity index (χ2v) is 5.22. The van der Waals surface area contributed by atoms with Crippen LogP contribution in [-0.2, 0) is 11.2 Å². The van der Waals surface area contributed by atoms with Crippen molar-refractivity contribution in [3.8, 4) is 0 Å². The van der Waals surface area contributed by atoms with Crippen molar-refractivity contribution >= 4 is 11.7 Å². The predicted molar refractivity (Wildman–Crippen MR) is 88.3 cm³/mol. The number of ether oxygens (including phenoxy) is 1. The molecule has 0 saturated carbocycles. The Balaban J connectivity index is 2.38. The highest BCUT2D eigenvalue weighted by atomic mass is 19.3. The predicted octanol–water partition coefficient (Wildman–Crippen LogP) is 4.92. The topological polar surface area (TPSA) is 46.5 Å². The van der Waals surface area contributed by atoms with Crippen LogP contribution in [0.2, 0.25) is 0 Å². The molecule has 2 aromatic rings. The monoisotopic (exact) mass is 332 g/mol. The third kappa shape index (κ3) is 3.98. The first-order valence-corrected chi connectivity index (χ1v) is 7.48. The van der Waals surface area contributed by atoms with Crippen LogP contribution < -0.4 is 0 Å². The summed E-state index contributed by atoms with van der Waals surface area (Å²) in [5, 5.41) is 9.21. The van der Waals surface area contributed by atoms with Crippen molar-refractivity contribution in [2.75, 3.05) is 6.61 Å². The largest absolute Gasteiger partial charge is 0.494 e. The zero-order valence-corrected chi connectivity index (χ0v) is 13.3. The summed E-state index contributed by atoms with van der Waals surface area (Å²) in [7, 11) is 0. The summed E-state index contributed by atoms with van der Waals surface area (Å²) in [5.41, 5.74) is 1.44. The molecule has 0 fully saturated rings. The third-order valence-electron chi connectivity index (χ3n) is 3.61. The van der Waals surface area contributed by atoms with Gasteiger partial charge in [0.05, 0.1) is 12.2 Å². The molecule has 0 aliphatic carbocycles. The molecule has 0 unspecified atom stereocenters. The van der Waals surface area contributed by atoms with Crippen molar-refractivity contribution in [1.82, 2.24) is 0 Å². The second kappa shape index (κ2) is 7.73. The van der Waals surface area contributed by atoms with Gasteiger partial charge in [-0.1, -0.05) is 36.9 Å². The molecule has 0 heterocycles. The maximum absolute atomic E-state index is 13.4. The Kier molecular flexibility index (Phi) is 5.68. The Morgan fingerprint density at radius 2 is 1.92 bits per heavy atom. The maximum Gasteiger partial charge on any atom is 0.335 e. The van der Waals surface area contributed by atoms with Crippen molar-refractivity contribution in [3.05, 3.63) is 76.9 Å². The van der Waals surface area contributed by atoms with Crippen molar-refractivity contribution in [3.63, 3.8) is 0 Å².